The highest BCUT2D eigenvalue weighted by molar-refractivity contribution is 9.10. The maximum absolute atomic E-state index is 9.36. The van der Waals surface area contributed by atoms with Crippen LogP contribution in [0.4, 0.5) is 0 Å². The number of phenols is 1. The molecule has 0 saturated heterocycles. The lowest BCUT2D eigenvalue weighted by Gasteiger charge is -2.14. The molecule has 0 aliphatic carbocycles. The summed E-state index contributed by atoms with van der Waals surface area (Å²) in [6.07, 6.45) is 1.18. The lowest BCUT2D eigenvalue weighted by molar-refractivity contribution is 0.470. The second-order valence-electron chi connectivity index (χ2n) is 4.24. The predicted octanol–water partition coefficient (Wildman–Crippen LogP) is 4.30. The third-order valence-electron chi connectivity index (χ3n) is 2.37. The molecule has 1 aromatic rings. The van der Waals surface area contributed by atoms with Crippen molar-refractivity contribution in [3.8, 4) is 5.75 Å². The van der Waals surface area contributed by atoms with Gasteiger partial charge in [-0.1, -0.05) is 26.8 Å². The molecule has 1 aromatic carbocycles. The molecule has 0 aliphatic rings. The maximum atomic E-state index is 9.36. The third-order valence-corrected chi connectivity index (χ3v) is 3.00. The first-order chi connectivity index (χ1) is 6.50. The van der Waals surface area contributed by atoms with E-state index in [4.69, 9.17) is 0 Å². The normalized spacial score (nSPS) is 13.2. The fourth-order valence-corrected chi connectivity index (χ4v) is 2.07. The Morgan fingerprint density at radius 2 is 1.93 bits per heavy atom. The standard InChI is InChI=1S/C12H17BrO/c1-8(2)6-9(3)10-4-5-12(14)11(13)7-10/h4-5,7-9,14H,6H2,1-3H3. The van der Waals surface area contributed by atoms with Crippen LogP contribution in [0.2, 0.25) is 0 Å². The Labute approximate surface area is 94.3 Å². The van der Waals surface area contributed by atoms with Crippen LogP contribution in [0.5, 0.6) is 5.75 Å². The summed E-state index contributed by atoms with van der Waals surface area (Å²) < 4.78 is 0.783. The second kappa shape index (κ2) is 4.83. The molecule has 1 atom stereocenters. The molecule has 2 heteroatoms. The molecule has 0 fully saturated rings. The van der Waals surface area contributed by atoms with Crippen LogP contribution in [0.1, 0.15) is 38.7 Å². The molecule has 0 heterocycles. The van der Waals surface area contributed by atoms with Crippen LogP contribution in [-0.4, -0.2) is 5.11 Å². The number of hydrogen-bond acceptors (Lipinski definition) is 1. The summed E-state index contributed by atoms with van der Waals surface area (Å²) >= 11 is 3.33. The predicted molar refractivity (Wildman–Crippen MR) is 63.7 cm³/mol. The first-order valence-corrected chi connectivity index (χ1v) is 5.78. The number of aromatic hydroxyl groups is 1. The fourth-order valence-electron chi connectivity index (χ4n) is 1.67. The summed E-state index contributed by atoms with van der Waals surface area (Å²) in [5.74, 6) is 1.56. The highest BCUT2D eigenvalue weighted by atomic mass is 79.9. The molecule has 0 saturated carbocycles. The van der Waals surface area contributed by atoms with Gasteiger partial charge in [0.25, 0.3) is 0 Å². The maximum Gasteiger partial charge on any atom is 0.129 e. The van der Waals surface area contributed by atoms with Gasteiger partial charge in [0, 0.05) is 0 Å². The van der Waals surface area contributed by atoms with Crippen LogP contribution in [0, 0.1) is 5.92 Å². The Balaban J connectivity index is 2.80. The summed E-state index contributed by atoms with van der Waals surface area (Å²) in [7, 11) is 0. The van der Waals surface area contributed by atoms with Crippen molar-refractivity contribution >= 4 is 15.9 Å². The van der Waals surface area contributed by atoms with Crippen LogP contribution in [0.3, 0.4) is 0 Å². The Kier molecular flexibility index (Phi) is 3.99. The van der Waals surface area contributed by atoms with E-state index in [9.17, 15) is 5.11 Å². The monoisotopic (exact) mass is 256 g/mol. The molecule has 0 amide bonds. The highest BCUT2D eigenvalue weighted by Gasteiger charge is 2.09. The highest BCUT2D eigenvalue weighted by Crippen LogP contribution is 2.30. The molecule has 1 rings (SSSR count). The minimum absolute atomic E-state index is 0.311. The Morgan fingerprint density at radius 1 is 1.29 bits per heavy atom. The summed E-state index contributed by atoms with van der Waals surface area (Å²) in [5, 5.41) is 9.36. The summed E-state index contributed by atoms with van der Waals surface area (Å²) in [6, 6.07) is 5.74. The average molecular weight is 257 g/mol. The zero-order valence-corrected chi connectivity index (χ0v) is 10.5. The molecule has 0 aromatic heterocycles. The van der Waals surface area contributed by atoms with Gasteiger partial charge in [0.05, 0.1) is 4.47 Å². The first kappa shape index (κ1) is 11.6. The van der Waals surface area contributed by atoms with Gasteiger partial charge in [0.15, 0.2) is 0 Å². The zero-order chi connectivity index (χ0) is 10.7. The van der Waals surface area contributed by atoms with Gasteiger partial charge in [0.2, 0.25) is 0 Å². The molecule has 0 radical (unpaired) electrons. The van der Waals surface area contributed by atoms with E-state index in [-0.39, 0.29) is 0 Å². The van der Waals surface area contributed by atoms with Gasteiger partial charge in [-0.05, 0) is 51.9 Å². The molecule has 14 heavy (non-hydrogen) atoms. The average Bonchev–Trinajstić information content (AvgIpc) is 2.08. The van der Waals surface area contributed by atoms with Gasteiger partial charge < -0.3 is 5.11 Å². The molecule has 78 valence electrons. The molecule has 1 nitrogen and oxygen atoms in total. The number of hydrogen-bond donors (Lipinski definition) is 1. The largest absolute Gasteiger partial charge is 0.507 e. The summed E-state index contributed by atoms with van der Waals surface area (Å²) in [4.78, 5) is 0. The van der Waals surface area contributed by atoms with Gasteiger partial charge in [-0.3, -0.25) is 0 Å². The first-order valence-electron chi connectivity index (χ1n) is 4.99. The summed E-state index contributed by atoms with van der Waals surface area (Å²) in [5.41, 5.74) is 1.28. The molecule has 0 bridgehead atoms. The van der Waals surface area contributed by atoms with E-state index in [0.717, 1.165) is 4.47 Å². The molecule has 1 N–H and O–H groups in total. The van der Waals surface area contributed by atoms with E-state index in [1.807, 2.05) is 12.1 Å². The van der Waals surface area contributed by atoms with E-state index < -0.39 is 0 Å². The van der Waals surface area contributed by atoms with E-state index in [2.05, 4.69) is 36.7 Å². The molecular formula is C12H17BrO. The van der Waals surface area contributed by atoms with Gasteiger partial charge in [-0.25, -0.2) is 0 Å². The smallest absolute Gasteiger partial charge is 0.129 e. The van der Waals surface area contributed by atoms with Crippen molar-refractivity contribution in [1.82, 2.24) is 0 Å². The number of rotatable bonds is 3. The molecular weight excluding hydrogens is 240 g/mol. The number of phenolic OH excluding ortho intramolecular Hbond substituents is 1. The lowest BCUT2D eigenvalue weighted by Crippen LogP contribution is -1.98. The van der Waals surface area contributed by atoms with Crippen LogP contribution in [0.25, 0.3) is 0 Å². The van der Waals surface area contributed by atoms with E-state index in [0.29, 0.717) is 17.6 Å². The Morgan fingerprint density at radius 3 is 2.43 bits per heavy atom. The van der Waals surface area contributed by atoms with Crippen molar-refractivity contribution in [2.24, 2.45) is 5.92 Å². The zero-order valence-electron chi connectivity index (χ0n) is 8.92. The molecule has 0 aliphatic heterocycles. The van der Waals surface area contributed by atoms with Gasteiger partial charge in [-0.15, -0.1) is 0 Å². The van der Waals surface area contributed by atoms with Crippen LogP contribution in [-0.2, 0) is 0 Å². The van der Waals surface area contributed by atoms with Crippen molar-refractivity contribution in [2.75, 3.05) is 0 Å². The van der Waals surface area contributed by atoms with Crippen LogP contribution >= 0.6 is 15.9 Å². The van der Waals surface area contributed by atoms with Gasteiger partial charge in [0.1, 0.15) is 5.75 Å². The molecule has 0 spiro atoms. The van der Waals surface area contributed by atoms with Crippen molar-refractivity contribution in [3.63, 3.8) is 0 Å². The third kappa shape index (κ3) is 3.02. The quantitative estimate of drug-likeness (QED) is 0.855. The van der Waals surface area contributed by atoms with Gasteiger partial charge >= 0.3 is 0 Å². The second-order valence-corrected chi connectivity index (χ2v) is 5.10. The van der Waals surface area contributed by atoms with Crippen LogP contribution in [0.15, 0.2) is 22.7 Å². The number of benzene rings is 1. The summed E-state index contributed by atoms with van der Waals surface area (Å²) in [6.45, 7) is 6.68. The van der Waals surface area contributed by atoms with Crippen molar-refractivity contribution in [2.45, 2.75) is 33.1 Å². The number of halogens is 1. The lowest BCUT2D eigenvalue weighted by atomic mass is 9.92. The Bertz CT molecular complexity index is 307. The minimum Gasteiger partial charge on any atom is -0.507 e. The topological polar surface area (TPSA) is 20.2 Å². The SMILES string of the molecule is CC(C)CC(C)c1ccc(O)c(Br)c1. The molecule has 1 unspecified atom stereocenters. The van der Waals surface area contributed by atoms with E-state index in [1.165, 1.54) is 12.0 Å². The fraction of sp³-hybridized carbons (Fsp3) is 0.500. The van der Waals surface area contributed by atoms with Crippen LogP contribution < -0.4 is 0 Å². The van der Waals surface area contributed by atoms with Gasteiger partial charge in [-0.2, -0.15) is 0 Å². The van der Waals surface area contributed by atoms with E-state index >= 15 is 0 Å². The van der Waals surface area contributed by atoms with E-state index in [1.54, 1.807) is 6.07 Å². The Hall–Kier alpha value is -0.500. The minimum atomic E-state index is 0.311. The van der Waals surface area contributed by atoms with Crippen molar-refractivity contribution in [1.29, 1.82) is 0 Å². The van der Waals surface area contributed by atoms with Crippen molar-refractivity contribution < 1.29 is 5.11 Å². The van der Waals surface area contributed by atoms with Crippen molar-refractivity contribution in [3.05, 3.63) is 28.2 Å².